The van der Waals surface area contributed by atoms with Crippen molar-refractivity contribution in [1.82, 2.24) is 9.80 Å². The van der Waals surface area contributed by atoms with E-state index in [-0.39, 0.29) is 17.9 Å². The molecule has 1 fully saturated rings. The first-order valence-corrected chi connectivity index (χ1v) is 13.3. The molecule has 0 aromatic heterocycles. The maximum Gasteiger partial charge on any atom is 0.239 e. The van der Waals surface area contributed by atoms with E-state index in [1.54, 1.807) is 0 Å². The van der Waals surface area contributed by atoms with Crippen LogP contribution in [0.2, 0.25) is 5.02 Å². The molecule has 1 aliphatic rings. The highest BCUT2D eigenvalue weighted by atomic mass is 35.5. The number of hydrogen-bond acceptors (Lipinski definition) is 4. The monoisotopic (exact) mass is 520 g/mol. The van der Waals surface area contributed by atoms with Gasteiger partial charge in [0.15, 0.2) is 5.96 Å². The number of guanidine groups is 1. The largest absolute Gasteiger partial charge is 0.370 e. The van der Waals surface area contributed by atoms with E-state index < -0.39 is 6.04 Å². The Labute approximate surface area is 224 Å². The minimum atomic E-state index is -0.576. The molecule has 0 unspecified atom stereocenters. The second-order valence-electron chi connectivity index (χ2n) is 9.79. The standard InChI is InChI=1S/C29H37ClN6O/c30-25-11-8-21(9-12-25)19-27(31)28(37)36-17-16-35(26(20-36)6-3-14-34-29(32)33)15-13-22-7-10-23-4-1-2-5-24(23)18-22/h1-2,4-5,7-12,18,26-27H,3,6,13-17,19-20,31H2,(H4,32,33,34)/t26-,27+/m0/s1. The lowest BCUT2D eigenvalue weighted by Crippen LogP contribution is -2.58. The molecule has 0 radical (unpaired) electrons. The SMILES string of the molecule is NC(N)=NCCC[C@H]1CN(C(=O)[C@H](N)Cc2ccc(Cl)cc2)CCN1CCc1ccc2ccccc2c1. The summed E-state index contributed by atoms with van der Waals surface area (Å²) in [5.74, 6) is 0.111. The summed E-state index contributed by atoms with van der Waals surface area (Å²) < 4.78 is 0. The first kappa shape index (κ1) is 26.9. The quantitative estimate of drug-likeness (QED) is 0.216. The number of rotatable bonds is 10. The second kappa shape index (κ2) is 12.9. The van der Waals surface area contributed by atoms with E-state index in [1.807, 2.05) is 29.2 Å². The summed E-state index contributed by atoms with van der Waals surface area (Å²) in [6.45, 7) is 3.67. The van der Waals surface area contributed by atoms with E-state index in [9.17, 15) is 4.79 Å². The Morgan fingerprint density at radius 3 is 2.49 bits per heavy atom. The number of benzene rings is 3. The molecule has 3 aromatic carbocycles. The van der Waals surface area contributed by atoms with Gasteiger partial charge in [-0.25, -0.2) is 0 Å². The lowest BCUT2D eigenvalue weighted by molar-refractivity contribution is -0.135. The molecular weight excluding hydrogens is 484 g/mol. The van der Waals surface area contributed by atoms with Crippen LogP contribution in [0.1, 0.15) is 24.0 Å². The Kier molecular flexibility index (Phi) is 9.39. The Bertz CT molecular complexity index is 1210. The van der Waals surface area contributed by atoms with Gasteiger partial charge in [0.05, 0.1) is 6.04 Å². The Morgan fingerprint density at radius 1 is 1.00 bits per heavy atom. The van der Waals surface area contributed by atoms with Gasteiger partial charge in [0.2, 0.25) is 5.91 Å². The highest BCUT2D eigenvalue weighted by Crippen LogP contribution is 2.20. The van der Waals surface area contributed by atoms with Crippen LogP contribution in [-0.2, 0) is 17.6 Å². The number of piperazine rings is 1. The van der Waals surface area contributed by atoms with E-state index in [1.165, 1.54) is 16.3 Å². The van der Waals surface area contributed by atoms with Crippen LogP contribution in [0.3, 0.4) is 0 Å². The third-order valence-corrected chi connectivity index (χ3v) is 7.35. The fraction of sp³-hybridized carbons (Fsp3) is 0.379. The molecule has 1 aliphatic heterocycles. The number of carbonyl (C=O) groups excluding carboxylic acids is 1. The molecule has 1 amide bonds. The van der Waals surface area contributed by atoms with Crippen LogP contribution >= 0.6 is 11.6 Å². The zero-order valence-corrected chi connectivity index (χ0v) is 22.0. The number of amides is 1. The fourth-order valence-corrected chi connectivity index (χ4v) is 5.19. The molecule has 8 heteroatoms. The number of nitrogens with zero attached hydrogens (tertiary/aromatic N) is 3. The molecule has 2 atom stereocenters. The summed E-state index contributed by atoms with van der Waals surface area (Å²) in [7, 11) is 0. The van der Waals surface area contributed by atoms with Crippen molar-refractivity contribution in [2.45, 2.75) is 37.8 Å². The Hall–Kier alpha value is -3.13. The number of halogens is 1. The van der Waals surface area contributed by atoms with Crippen molar-refractivity contribution in [3.05, 3.63) is 82.9 Å². The molecular formula is C29H37ClN6O. The molecule has 37 heavy (non-hydrogen) atoms. The first-order valence-electron chi connectivity index (χ1n) is 12.9. The van der Waals surface area contributed by atoms with Crippen LogP contribution in [0, 0.1) is 0 Å². The average molecular weight is 521 g/mol. The van der Waals surface area contributed by atoms with Gasteiger partial charge in [-0.2, -0.15) is 0 Å². The Morgan fingerprint density at radius 2 is 1.73 bits per heavy atom. The third-order valence-electron chi connectivity index (χ3n) is 7.09. The molecule has 1 heterocycles. The van der Waals surface area contributed by atoms with Crippen molar-refractivity contribution in [1.29, 1.82) is 0 Å². The summed E-state index contributed by atoms with van der Waals surface area (Å²) >= 11 is 5.99. The van der Waals surface area contributed by atoms with Gasteiger partial charge in [-0.3, -0.25) is 14.7 Å². The number of hydrogen-bond donors (Lipinski definition) is 3. The molecule has 7 nitrogen and oxygen atoms in total. The van der Waals surface area contributed by atoms with E-state index >= 15 is 0 Å². The van der Waals surface area contributed by atoms with Crippen molar-refractivity contribution in [2.24, 2.45) is 22.2 Å². The van der Waals surface area contributed by atoms with Crippen molar-refractivity contribution < 1.29 is 4.79 Å². The van der Waals surface area contributed by atoms with Gasteiger partial charge in [-0.05, 0) is 59.7 Å². The number of fused-ring (bicyclic) bond motifs is 1. The fourth-order valence-electron chi connectivity index (χ4n) is 5.06. The van der Waals surface area contributed by atoms with Crippen molar-refractivity contribution >= 4 is 34.2 Å². The summed E-state index contributed by atoms with van der Waals surface area (Å²) in [4.78, 5) is 21.8. The minimum absolute atomic E-state index is 0.00153. The van der Waals surface area contributed by atoms with Crippen LogP contribution in [-0.4, -0.2) is 66.5 Å². The lowest BCUT2D eigenvalue weighted by atomic mass is 10.0. The van der Waals surface area contributed by atoms with Crippen LogP contribution in [0.15, 0.2) is 71.7 Å². The maximum absolute atomic E-state index is 13.2. The van der Waals surface area contributed by atoms with Crippen molar-refractivity contribution in [2.75, 3.05) is 32.7 Å². The molecule has 3 aromatic rings. The molecule has 196 valence electrons. The predicted octanol–water partition coefficient (Wildman–Crippen LogP) is 3.17. The molecule has 0 bridgehead atoms. The van der Waals surface area contributed by atoms with Crippen LogP contribution < -0.4 is 17.2 Å². The summed E-state index contributed by atoms with van der Waals surface area (Å²) in [5, 5.41) is 3.19. The van der Waals surface area contributed by atoms with Gasteiger partial charge in [0.1, 0.15) is 0 Å². The molecule has 0 aliphatic carbocycles. The smallest absolute Gasteiger partial charge is 0.239 e. The van der Waals surface area contributed by atoms with Crippen LogP contribution in [0.4, 0.5) is 0 Å². The summed E-state index contributed by atoms with van der Waals surface area (Å²) in [6.07, 6.45) is 3.21. The lowest BCUT2D eigenvalue weighted by Gasteiger charge is -2.42. The normalized spacial score (nSPS) is 17.0. The van der Waals surface area contributed by atoms with Crippen LogP contribution in [0.5, 0.6) is 0 Å². The van der Waals surface area contributed by atoms with Gasteiger partial charge in [-0.1, -0.05) is 66.2 Å². The van der Waals surface area contributed by atoms with E-state index in [0.29, 0.717) is 31.1 Å². The number of carbonyl (C=O) groups is 1. The molecule has 1 saturated heterocycles. The van der Waals surface area contributed by atoms with Gasteiger partial charge in [-0.15, -0.1) is 0 Å². The molecule has 4 rings (SSSR count). The van der Waals surface area contributed by atoms with Crippen LogP contribution in [0.25, 0.3) is 10.8 Å². The topological polar surface area (TPSA) is 114 Å². The number of aliphatic imine (C=N–C) groups is 1. The first-order chi connectivity index (χ1) is 17.9. The Balaban J connectivity index is 1.38. The molecule has 6 N–H and O–H groups in total. The van der Waals surface area contributed by atoms with E-state index in [4.69, 9.17) is 28.8 Å². The summed E-state index contributed by atoms with van der Waals surface area (Å²) in [5.41, 5.74) is 19.7. The molecule has 0 spiro atoms. The predicted molar refractivity (Wildman–Crippen MR) is 153 cm³/mol. The average Bonchev–Trinajstić information content (AvgIpc) is 2.90. The van der Waals surface area contributed by atoms with Gasteiger partial charge < -0.3 is 22.1 Å². The minimum Gasteiger partial charge on any atom is -0.370 e. The van der Waals surface area contributed by atoms with Gasteiger partial charge in [0.25, 0.3) is 0 Å². The van der Waals surface area contributed by atoms with E-state index in [0.717, 1.165) is 37.9 Å². The number of nitrogens with two attached hydrogens (primary N) is 3. The van der Waals surface area contributed by atoms with Crippen molar-refractivity contribution in [3.63, 3.8) is 0 Å². The van der Waals surface area contributed by atoms with Crippen molar-refractivity contribution in [3.8, 4) is 0 Å². The highest BCUT2D eigenvalue weighted by Gasteiger charge is 2.31. The third kappa shape index (κ3) is 7.68. The second-order valence-corrected chi connectivity index (χ2v) is 10.2. The van der Waals surface area contributed by atoms with E-state index in [2.05, 4.69) is 52.4 Å². The highest BCUT2D eigenvalue weighted by molar-refractivity contribution is 6.30. The maximum atomic E-state index is 13.2. The zero-order chi connectivity index (χ0) is 26.2. The summed E-state index contributed by atoms with van der Waals surface area (Å²) in [6, 6.07) is 22.3. The van der Waals surface area contributed by atoms with Gasteiger partial charge in [0, 0.05) is 43.8 Å². The molecule has 0 saturated carbocycles. The van der Waals surface area contributed by atoms with Gasteiger partial charge >= 0.3 is 0 Å². The zero-order valence-electron chi connectivity index (χ0n) is 21.2.